The first-order chi connectivity index (χ1) is 11.8. The van der Waals surface area contributed by atoms with Crippen molar-refractivity contribution in [2.75, 3.05) is 20.6 Å². The van der Waals surface area contributed by atoms with Crippen LogP contribution in [0.5, 0.6) is 23.0 Å². The van der Waals surface area contributed by atoms with Crippen molar-refractivity contribution in [1.82, 2.24) is 4.90 Å². The largest absolute Gasteiger partial charge is 0.454 e. The van der Waals surface area contributed by atoms with Crippen LogP contribution in [0.2, 0.25) is 0 Å². The minimum Gasteiger partial charge on any atom is -0.454 e. The molecule has 0 radical (unpaired) electrons. The Kier molecular flexibility index (Phi) is 3.15. The number of fused-ring (bicyclic) bond motifs is 8. The van der Waals surface area contributed by atoms with Crippen molar-refractivity contribution < 1.29 is 18.9 Å². The SMILES string of the molecule is CN1C2Cc3cc4c(cc3C1Cc1cc3c(cc12)OCO3)OCO4.Cl. The third-order valence-electron chi connectivity index (χ3n) is 5.80. The summed E-state index contributed by atoms with van der Waals surface area (Å²) in [6, 6.07) is 9.41. The average Bonchev–Trinajstić information content (AvgIpc) is 3.21. The van der Waals surface area contributed by atoms with Crippen LogP contribution in [0, 0.1) is 0 Å². The molecule has 0 aromatic heterocycles. The zero-order chi connectivity index (χ0) is 15.8. The molecule has 4 aliphatic heterocycles. The van der Waals surface area contributed by atoms with Gasteiger partial charge in [0.25, 0.3) is 0 Å². The molecule has 2 bridgehead atoms. The highest BCUT2D eigenvalue weighted by atomic mass is 35.5. The van der Waals surface area contributed by atoms with Gasteiger partial charge in [-0.3, -0.25) is 4.90 Å². The molecule has 0 amide bonds. The molecule has 4 heterocycles. The van der Waals surface area contributed by atoms with E-state index in [0.717, 1.165) is 35.8 Å². The molecular weight excluding hydrogens is 342 g/mol. The lowest BCUT2D eigenvalue weighted by Gasteiger charge is -2.46. The topological polar surface area (TPSA) is 40.2 Å². The van der Waals surface area contributed by atoms with Crippen molar-refractivity contribution in [2.45, 2.75) is 24.9 Å². The Bertz CT molecular complexity index is 813. The van der Waals surface area contributed by atoms with Crippen LogP contribution in [0.3, 0.4) is 0 Å². The molecule has 6 rings (SSSR count). The number of benzene rings is 2. The van der Waals surface area contributed by atoms with Crippen LogP contribution in [0.1, 0.15) is 34.3 Å². The molecule has 0 aliphatic carbocycles. The van der Waals surface area contributed by atoms with Crippen molar-refractivity contribution in [3.8, 4) is 23.0 Å². The zero-order valence-electron chi connectivity index (χ0n) is 13.8. The van der Waals surface area contributed by atoms with Crippen LogP contribution in [-0.4, -0.2) is 25.5 Å². The normalized spacial score (nSPS) is 24.4. The molecule has 25 heavy (non-hydrogen) atoms. The number of hydrogen-bond donors (Lipinski definition) is 0. The quantitative estimate of drug-likeness (QED) is 0.721. The zero-order valence-corrected chi connectivity index (χ0v) is 14.6. The van der Waals surface area contributed by atoms with Gasteiger partial charge in [0.05, 0.1) is 0 Å². The molecule has 6 heteroatoms. The van der Waals surface area contributed by atoms with E-state index in [1.54, 1.807) is 0 Å². The second kappa shape index (κ2) is 5.19. The van der Waals surface area contributed by atoms with Crippen LogP contribution in [0.15, 0.2) is 24.3 Å². The lowest BCUT2D eigenvalue weighted by atomic mass is 9.76. The summed E-state index contributed by atoms with van der Waals surface area (Å²) in [5.74, 6) is 3.50. The number of halogens is 1. The molecule has 5 nitrogen and oxygen atoms in total. The predicted octanol–water partition coefficient (Wildman–Crippen LogP) is 3.39. The van der Waals surface area contributed by atoms with Crippen molar-refractivity contribution in [3.05, 3.63) is 46.5 Å². The second-order valence-electron chi connectivity index (χ2n) is 6.91. The maximum Gasteiger partial charge on any atom is 0.231 e. The number of rotatable bonds is 0. The molecule has 4 aliphatic rings. The first-order valence-corrected chi connectivity index (χ1v) is 8.35. The van der Waals surface area contributed by atoms with Crippen molar-refractivity contribution in [3.63, 3.8) is 0 Å². The molecule has 2 aromatic rings. The Labute approximate surface area is 151 Å². The summed E-state index contributed by atoms with van der Waals surface area (Å²) in [5, 5.41) is 0. The van der Waals surface area contributed by atoms with Crippen molar-refractivity contribution >= 4 is 12.4 Å². The highest BCUT2D eigenvalue weighted by Gasteiger charge is 2.40. The molecule has 0 saturated carbocycles. The van der Waals surface area contributed by atoms with E-state index in [2.05, 4.69) is 36.2 Å². The van der Waals surface area contributed by atoms with Crippen LogP contribution in [0.4, 0.5) is 0 Å². The summed E-state index contributed by atoms with van der Waals surface area (Å²) in [7, 11) is 2.22. The molecule has 0 saturated heterocycles. The minimum absolute atomic E-state index is 0. The van der Waals surface area contributed by atoms with E-state index in [4.69, 9.17) is 18.9 Å². The fourth-order valence-corrected chi connectivity index (χ4v) is 4.55. The fraction of sp³-hybridized carbons (Fsp3) is 0.368. The van der Waals surface area contributed by atoms with Gasteiger partial charge in [0.15, 0.2) is 23.0 Å². The maximum absolute atomic E-state index is 5.59. The second-order valence-corrected chi connectivity index (χ2v) is 6.91. The van der Waals surface area contributed by atoms with Crippen LogP contribution in [0.25, 0.3) is 0 Å². The Morgan fingerprint density at radius 1 is 0.720 bits per heavy atom. The van der Waals surface area contributed by atoms with E-state index >= 15 is 0 Å². The first kappa shape index (κ1) is 15.2. The Balaban J connectivity index is 0.00000140. The van der Waals surface area contributed by atoms with Gasteiger partial charge in [-0.1, -0.05) is 0 Å². The van der Waals surface area contributed by atoms with Gasteiger partial charge in [-0.25, -0.2) is 0 Å². The van der Waals surface area contributed by atoms with Crippen LogP contribution in [-0.2, 0) is 12.8 Å². The first-order valence-electron chi connectivity index (χ1n) is 8.35. The van der Waals surface area contributed by atoms with Gasteiger partial charge in [-0.15, -0.1) is 12.4 Å². The molecule has 0 spiro atoms. The van der Waals surface area contributed by atoms with Gasteiger partial charge in [0.1, 0.15) is 0 Å². The summed E-state index contributed by atoms with van der Waals surface area (Å²) < 4.78 is 22.3. The van der Waals surface area contributed by atoms with Gasteiger partial charge in [-0.2, -0.15) is 0 Å². The highest BCUT2D eigenvalue weighted by molar-refractivity contribution is 5.85. The Morgan fingerprint density at radius 3 is 1.56 bits per heavy atom. The smallest absolute Gasteiger partial charge is 0.231 e. The Hall–Kier alpha value is -2.11. The third kappa shape index (κ3) is 1.99. The molecule has 0 N–H and O–H groups in total. The number of nitrogens with zero attached hydrogens (tertiary/aromatic N) is 1. The minimum atomic E-state index is 0. The number of hydrogen-bond acceptors (Lipinski definition) is 5. The fourth-order valence-electron chi connectivity index (χ4n) is 4.55. The van der Waals surface area contributed by atoms with Gasteiger partial charge in [0.2, 0.25) is 13.6 Å². The van der Waals surface area contributed by atoms with Gasteiger partial charge >= 0.3 is 0 Å². The van der Waals surface area contributed by atoms with E-state index in [0.29, 0.717) is 25.7 Å². The molecule has 0 fully saturated rings. The standard InChI is InChI=1S/C19H17NO4.ClH/c1-20-14-2-10-4-16-18(23-8-21-16)6-12(10)15(20)3-11-5-17-19(7-13(11)14)24-9-22-17;/h4-7,14-15H,2-3,8-9H2,1H3;1H. The van der Waals surface area contributed by atoms with E-state index < -0.39 is 0 Å². The van der Waals surface area contributed by atoms with Crippen molar-refractivity contribution in [1.29, 1.82) is 0 Å². The van der Waals surface area contributed by atoms with E-state index in [1.165, 1.54) is 22.3 Å². The molecular formula is C19H18ClNO4. The van der Waals surface area contributed by atoms with Crippen molar-refractivity contribution in [2.24, 2.45) is 0 Å². The van der Waals surface area contributed by atoms with Crippen LogP contribution < -0.4 is 18.9 Å². The predicted molar refractivity (Wildman–Crippen MR) is 93.0 cm³/mol. The van der Waals surface area contributed by atoms with Gasteiger partial charge < -0.3 is 18.9 Å². The summed E-state index contributed by atoms with van der Waals surface area (Å²) in [5.41, 5.74) is 5.47. The van der Waals surface area contributed by atoms with Gasteiger partial charge in [0, 0.05) is 12.1 Å². The Morgan fingerprint density at radius 2 is 1.12 bits per heavy atom. The molecule has 2 unspecified atom stereocenters. The average molecular weight is 360 g/mol. The van der Waals surface area contributed by atoms with E-state index in [1.807, 2.05) is 0 Å². The van der Waals surface area contributed by atoms with Crippen LogP contribution >= 0.6 is 12.4 Å². The summed E-state index contributed by atoms with van der Waals surface area (Å²) in [6.45, 7) is 0.646. The molecule has 130 valence electrons. The van der Waals surface area contributed by atoms with E-state index in [-0.39, 0.29) is 12.4 Å². The highest BCUT2D eigenvalue weighted by Crippen LogP contribution is 2.51. The number of ether oxygens (including phenoxy) is 4. The lowest BCUT2D eigenvalue weighted by Crippen LogP contribution is -2.40. The molecule has 2 aromatic carbocycles. The summed E-state index contributed by atoms with van der Waals surface area (Å²) >= 11 is 0. The van der Waals surface area contributed by atoms with Gasteiger partial charge in [-0.05, 0) is 66.4 Å². The number of likely N-dealkylation sites (N-methyl/N-ethyl adjacent to an activating group) is 1. The summed E-state index contributed by atoms with van der Waals surface area (Å²) in [4.78, 5) is 2.48. The molecule has 2 atom stereocenters. The monoisotopic (exact) mass is 359 g/mol. The lowest BCUT2D eigenvalue weighted by molar-refractivity contribution is 0.137. The van der Waals surface area contributed by atoms with E-state index in [9.17, 15) is 0 Å². The third-order valence-corrected chi connectivity index (χ3v) is 5.80. The summed E-state index contributed by atoms with van der Waals surface area (Å²) in [6.07, 6.45) is 1.96. The maximum atomic E-state index is 5.59.